The second-order valence-corrected chi connectivity index (χ2v) is 9.64. The van der Waals surface area contributed by atoms with Gasteiger partial charge in [0.1, 0.15) is 11.6 Å². The molecule has 1 aliphatic carbocycles. The minimum atomic E-state index is 0.356. The molecule has 1 atom stereocenters. The number of H-pyrrole nitrogens is 1. The van der Waals surface area contributed by atoms with Gasteiger partial charge in [0.25, 0.3) is 0 Å². The lowest BCUT2D eigenvalue weighted by Crippen LogP contribution is -2.44. The summed E-state index contributed by atoms with van der Waals surface area (Å²) in [5, 5.41) is 10.6. The molecule has 2 aromatic heterocycles. The van der Waals surface area contributed by atoms with Crippen LogP contribution < -0.4 is 20.9 Å². The molecule has 3 aromatic rings. The van der Waals surface area contributed by atoms with E-state index in [2.05, 4.69) is 61.0 Å². The molecule has 0 spiro atoms. The number of likely N-dealkylation sites (N-methyl/N-ethyl adjacent to an activating group) is 1. The number of hydrogen-bond acceptors (Lipinski definition) is 8. The van der Waals surface area contributed by atoms with E-state index in [0.29, 0.717) is 18.0 Å². The summed E-state index contributed by atoms with van der Waals surface area (Å²) in [6, 6.07) is 7.39. The molecule has 3 aliphatic rings. The molecule has 1 aromatic carbocycles. The average molecular weight is 448 g/mol. The number of aromatic amines is 1. The number of anilines is 3. The van der Waals surface area contributed by atoms with Gasteiger partial charge in [0, 0.05) is 56.7 Å². The number of nitrogens with zero attached hydrogens (tertiary/aromatic N) is 5. The van der Waals surface area contributed by atoms with Gasteiger partial charge in [-0.3, -0.25) is 0 Å². The number of fused-ring (bicyclic) bond motifs is 1. The van der Waals surface area contributed by atoms with E-state index in [9.17, 15) is 0 Å². The number of piperazine rings is 1. The van der Waals surface area contributed by atoms with Crippen molar-refractivity contribution in [3.05, 3.63) is 24.4 Å². The SMILES string of the molecule is CN1CCN(c2ccc3nc(-c4cnc(NC5CC5)nc4NC4CCCNC4)[nH]c3c2)CC1. The summed E-state index contributed by atoms with van der Waals surface area (Å²) in [6.45, 7) is 6.32. The minimum Gasteiger partial charge on any atom is -0.369 e. The second-order valence-electron chi connectivity index (χ2n) is 9.64. The fourth-order valence-corrected chi connectivity index (χ4v) is 4.70. The molecule has 0 amide bonds. The Labute approximate surface area is 194 Å². The lowest BCUT2D eigenvalue weighted by molar-refractivity contribution is 0.313. The number of piperidine rings is 1. The maximum absolute atomic E-state index is 4.90. The van der Waals surface area contributed by atoms with E-state index in [-0.39, 0.29) is 0 Å². The fourth-order valence-electron chi connectivity index (χ4n) is 4.70. The van der Waals surface area contributed by atoms with Gasteiger partial charge in [0.05, 0.1) is 16.6 Å². The van der Waals surface area contributed by atoms with Crippen molar-refractivity contribution in [3.63, 3.8) is 0 Å². The van der Waals surface area contributed by atoms with Crippen LogP contribution in [0.4, 0.5) is 17.5 Å². The highest BCUT2D eigenvalue weighted by Gasteiger charge is 2.24. The van der Waals surface area contributed by atoms with Crippen LogP contribution in [0.2, 0.25) is 0 Å². The van der Waals surface area contributed by atoms with Crippen molar-refractivity contribution in [1.82, 2.24) is 30.2 Å². The van der Waals surface area contributed by atoms with Crippen LogP contribution in [0.5, 0.6) is 0 Å². The van der Waals surface area contributed by atoms with Crippen LogP contribution in [-0.2, 0) is 0 Å². The van der Waals surface area contributed by atoms with Crippen molar-refractivity contribution in [2.45, 2.75) is 37.8 Å². The van der Waals surface area contributed by atoms with E-state index in [0.717, 1.165) is 73.9 Å². The molecule has 6 rings (SSSR count). The van der Waals surface area contributed by atoms with Gasteiger partial charge >= 0.3 is 0 Å². The molecule has 174 valence electrons. The Kier molecular flexibility index (Phi) is 5.51. The first kappa shape index (κ1) is 20.7. The molecule has 9 heteroatoms. The molecule has 0 bridgehead atoms. The highest BCUT2D eigenvalue weighted by Crippen LogP contribution is 2.31. The van der Waals surface area contributed by atoms with Gasteiger partial charge in [0.15, 0.2) is 0 Å². The fraction of sp³-hybridized carbons (Fsp3) is 0.542. The first-order valence-electron chi connectivity index (χ1n) is 12.3. The smallest absolute Gasteiger partial charge is 0.224 e. The number of nitrogens with one attached hydrogen (secondary N) is 4. The van der Waals surface area contributed by atoms with Gasteiger partial charge in [-0.15, -0.1) is 0 Å². The van der Waals surface area contributed by atoms with E-state index in [1.807, 2.05) is 6.20 Å². The maximum Gasteiger partial charge on any atom is 0.224 e. The third-order valence-corrected chi connectivity index (χ3v) is 6.93. The van der Waals surface area contributed by atoms with Crippen molar-refractivity contribution in [3.8, 4) is 11.4 Å². The van der Waals surface area contributed by atoms with E-state index in [1.54, 1.807) is 0 Å². The third kappa shape index (κ3) is 4.60. The lowest BCUT2D eigenvalue weighted by atomic mass is 10.1. The molecular formula is C24H33N9. The molecule has 0 radical (unpaired) electrons. The van der Waals surface area contributed by atoms with Crippen LogP contribution in [-0.4, -0.2) is 83.2 Å². The predicted octanol–water partition coefficient (Wildman–Crippen LogP) is 2.51. The van der Waals surface area contributed by atoms with E-state index in [1.165, 1.54) is 24.9 Å². The number of benzene rings is 1. The maximum atomic E-state index is 4.90. The summed E-state index contributed by atoms with van der Waals surface area (Å²) in [7, 11) is 2.18. The van der Waals surface area contributed by atoms with Crippen molar-refractivity contribution in [2.75, 3.05) is 61.8 Å². The standard InChI is InChI=1S/C24H33N9/c1-32-9-11-33(12-10-32)18-6-7-20-21(13-18)30-23(29-20)19-15-26-24(28-16-4-5-16)31-22(19)27-17-3-2-8-25-14-17/h6-7,13,15-17,25H,2-5,8-12,14H2,1H3,(H,29,30)(H2,26,27,28,31). The number of hydrogen-bond donors (Lipinski definition) is 4. The average Bonchev–Trinajstić information content (AvgIpc) is 3.55. The Hall–Kier alpha value is -2.91. The predicted molar refractivity (Wildman–Crippen MR) is 133 cm³/mol. The topological polar surface area (TPSA) is 97.0 Å². The normalized spacial score (nSPS) is 22.0. The Morgan fingerprint density at radius 2 is 1.88 bits per heavy atom. The van der Waals surface area contributed by atoms with Gasteiger partial charge in [-0.25, -0.2) is 9.97 Å². The van der Waals surface area contributed by atoms with E-state index in [4.69, 9.17) is 9.97 Å². The molecule has 2 aliphatic heterocycles. The van der Waals surface area contributed by atoms with Gasteiger partial charge in [-0.1, -0.05) is 0 Å². The Morgan fingerprint density at radius 3 is 2.67 bits per heavy atom. The number of rotatable bonds is 6. The highest BCUT2D eigenvalue weighted by atomic mass is 15.2. The summed E-state index contributed by atoms with van der Waals surface area (Å²) < 4.78 is 0. The summed E-state index contributed by atoms with van der Waals surface area (Å²) in [5.41, 5.74) is 4.18. The van der Waals surface area contributed by atoms with Gasteiger partial charge in [-0.2, -0.15) is 4.98 Å². The molecule has 4 N–H and O–H groups in total. The monoisotopic (exact) mass is 447 g/mol. The first-order chi connectivity index (χ1) is 16.2. The Bertz CT molecular complexity index is 1110. The van der Waals surface area contributed by atoms with Crippen LogP contribution in [0.25, 0.3) is 22.4 Å². The molecule has 1 unspecified atom stereocenters. The Balaban J connectivity index is 1.30. The van der Waals surface area contributed by atoms with Crippen molar-refractivity contribution >= 4 is 28.5 Å². The zero-order valence-corrected chi connectivity index (χ0v) is 19.3. The quantitative estimate of drug-likeness (QED) is 0.458. The number of aromatic nitrogens is 4. The van der Waals surface area contributed by atoms with Gasteiger partial charge in [-0.05, 0) is 57.5 Å². The van der Waals surface area contributed by atoms with Crippen LogP contribution in [0, 0.1) is 0 Å². The minimum absolute atomic E-state index is 0.356. The Morgan fingerprint density at radius 1 is 1.00 bits per heavy atom. The van der Waals surface area contributed by atoms with Gasteiger partial charge < -0.3 is 30.7 Å². The summed E-state index contributed by atoms with van der Waals surface area (Å²) >= 11 is 0. The van der Waals surface area contributed by atoms with E-state index < -0.39 is 0 Å². The highest BCUT2D eigenvalue weighted by molar-refractivity contribution is 5.84. The molecular weight excluding hydrogens is 414 g/mol. The molecule has 3 fully saturated rings. The summed E-state index contributed by atoms with van der Waals surface area (Å²) in [6.07, 6.45) is 6.59. The molecule has 4 heterocycles. The van der Waals surface area contributed by atoms with Crippen molar-refractivity contribution in [2.24, 2.45) is 0 Å². The summed E-state index contributed by atoms with van der Waals surface area (Å²) in [5.74, 6) is 2.35. The van der Waals surface area contributed by atoms with Crippen molar-refractivity contribution in [1.29, 1.82) is 0 Å². The van der Waals surface area contributed by atoms with Crippen LogP contribution in [0.1, 0.15) is 25.7 Å². The van der Waals surface area contributed by atoms with Crippen LogP contribution in [0.3, 0.4) is 0 Å². The second kappa shape index (κ2) is 8.79. The molecule has 1 saturated carbocycles. The van der Waals surface area contributed by atoms with E-state index >= 15 is 0 Å². The first-order valence-corrected chi connectivity index (χ1v) is 12.3. The summed E-state index contributed by atoms with van der Waals surface area (Å²) in [4.78, 5) is 22.7. The van der Waals surface area contributed by atoms with Gasteiger partial charge in [0.2, 0.25) is 5.95 Å². The molecule has 9 nitrogen and oxygen atoms in total. The molecule has 2 saturated heterocycles. The third-order valence-electron chi connectivity index (χ3n) is 6.93. The van der Waals surface area contributed by atoms with Crippen LogP contribution in [0.15, 0.2) is 24.4 Å². The number of imidazole rings is 1. The molecule has 33 heavy (non-hydrogen) atoms. The largest absolute Gasteiger partial charge is 0.369 e. The lowest BCUT2D eigenvalue weighted by Gasteiger charge is -2.34. The van der Waals surface area contributed by atoms with Crippen LogP contribution >= 0.6 is 0 Å². The van der Waals surface area contributed by atoms with Crippen molar-refractivity contribution < 1.29 is 0 Å². The zero-order valence-electron chi connectivity index (χ0n) is 19.3. The zero-order chi connectivity index (χ0) is 22.2.